The molecule has 1 atom stereocenters. The average molecular weight is 263 g/mol. The van der Waals surface area contributed by atoms with Gasteiger partial charge in [-0.05, 0) is 19.0 Å². The fraction of sp³-hybridized carbons (Fsp3) is 0.500. The lowest BCUT2D eigenvalue weighted by Gasteiger charge is -2.20. The van der Waals surface area contributed by atoms with Gasteiger partial charge in [0, 0.05) is 25.7 Å². The van der Waals surface area contributed by atoms with Crippen molar-refractivity contribution < 1.29 is 9.53 Å². The third kappa shape index (κ3) is 2.66. The van der Waals surface area contributed by atoms with E-state index in [1.54, 1.807) is 12.0 Å². The number of nitrogens with two attached hydrogens (primary N) is 1. The highest BCUT2D eigenvalue weighted by Crippen LogP contribution is 2.33. The van der Waals surface area contributed by atoms with Crippen LogP contribution in [0.25, 0.3) is 0 Å². The number of ether oxygens (including phenoxy) is 1. The van der Waals surface area contributed by atoms with Crippen LogP contribution in [0.3, 0.4) is 0 Å². The molecule has 1 heterocycles. The molecule has 5 nitrogen and oxygen atoms in total. The minimum absolute atomic E-state index is 0.0430. The van der Waals surface area contributed by atoms with E-state index < -0.39 is 0 Å². The number of carbonyl (C=O) groups excluding carboxylic acids is 1. The summed E-state index contributed by atoms with van der Waals surface area (Å²) in [5.41, 5.74) is 6.56. The number of rotatable bonds is 5. The first-order valence-corrected chi connectivity index (χ1v) is 6.53. The van der Waals surface area contributed by atoms with Crippen LogP contribution in [0, 0.1) is 0 Å². The highest BCUT2D eigenvalue weighted by atomic mass is 16.5. The molecular weight excluding hydrogens is 242 g/mol. The fourth-order valence-electron chi connectivity index (χ4n) is 2.48. The Labute approximate surface area is 113 Å². The van der Waals surface area contributed by atoms with Crippen LogP contribution in [0.2, 0.25) is 0 Å². The zero-order chi connectivity index (χ0) is 13.8. The Morgan fingerprint density at radius 2 is 2.16 bits per heavy atom. The van der Waals surface area contributed by atoms with Gasteiger partial charge in [0.05, 0.1) is 13.2 Å². The van der Waals surface area contributed by atoms with Crippen LogP contribution < -0.4 is 10.5 Å². The Morgan fingerprint density at radius 3 is 2.84 bits per heavy atom. The van der Waals surface area contributed by atoms with Crippen LogP contribution in [0.1, 0.15) is 18.0 Å². The predicted molar refractivity (Wildman–Crippen MR) is 74.1 cm³/mol. The smallest absolute Gasteiger partial charge is 0.320 e. The van der Waals surface area contributed by atoms with Crippen molar-refractivity contribution in [1.82, 2.24) is 9.80 Å². The summed E-state index contributed by atoms with van der Waals surface area (Å²) in [5.74, 6) is 0.827. The van der Waals surface area contributed by atoms with Crippen molar-refractivity contribution in [3.05, 3.63) is 29.8 Å². The van der Waals surface area contributed by atoms with E-state index in [0.29, 0.717) is 19.6 Å². The highest BCUT2D eigenvalue weighted by Gasteiger charge is 2.36. The van der Waals surface area contributed by atoms with Gasteiger partial charge in [0.1, 0.15) is 5.75 Å². The van der Waals surface area contributed by atoms with Gasteiger partial charge in [0.2, 0.25) is 0 Å². The number of carbonyl (C=O) groups is 1. The van der Waals surface area contributed by atoms with Gasteiger partial charge in [-0.3, -0.25) is 0 Å². The molecule has 0 spiro atoms. The molecule has 1 aromatic carbocycles. The van der Waals surface area contributed by atoms with Gasteiger partial charge < -0.3 is 20.3 Å². The molecule has 2 amide bonds. The fourth-order valence-corrected chi connectivity index (χ4v) is 2.48. The zero-order valence-electron chi connectivity index (χ0n) is 11.5. The van der Waals surface area contributed by atoms with Crippen LogP contribution in [-0.2, 0) is 0 Å². The second kappa shape index (κ2) is 5.93. The van der Waals surface area contributed by atoms with E-state index in [1.807, 2.05) is 36.2 Å². The van der Waals surface area contributed by atoms with Crippen molar-refractivity contribution in [2.75, 3.05) is 33.8 Å². The molecule has 1 fully saturated rings. The number of para-hydroxylation sites is 1. The number of hydrogen-bond acceptors (Lipinski definition) is 3. The summed E-state index contributed by atoms with van der Waals surface area (Å²) in [4.78, 5) is 15.8. The van der Waals surface area contributed by atoms with Crippen molar-refractivity contribution in [2.45, 2.75) is 12.5 Å². The Morgan fingerprint density at radius 1 is 1.42 bits per heavy atom. The lowest BCUT2D eigenvalue weighted by atomic mass is 10.1. The van der Waals surface area contributed by atoms with Crippen LogP contribution in [0.15, 0.2) is 24.3 Å². The lowest BCUT2D eigenvalue weighted by Crippen LogP contribution is -2.31. The van der Waals surface area contributed by atoms with Crippen molar-refractivity contribution in [2.24, 2.45) is 5.73 Å². The summed E-state index contributed by atoms with van der Waals surface area (Å²) >= 11 is 0. The van der Waals surface area contributed by atoms with Crippen LogP contribution in [0.5, 0.6) is 5.75 Å². The molecule has 2 N–H and O–H groups in total. The molecule has 5 heteroatoms. The predicted octanol–water partition coefficient (Wildman–Crippen LogP) is 1.45. The van der Waals surface area contributed by atoms with E-state index in [9.17, 15) is 4.79 Å². The Hall–Kier alpha value is -1.75. The Bertz CT molecular complexity index is 450. The van der Waals surface area contributed by atoms with E-state index in [0.717, 1.165) is 17.7 Å². The molecule has 0 saturated carbocycles. The van der Waals surface area contributed by atoms with Gasteiger partial charge in [0.15, 0.2) is 0 Å². The van der Waals surface area contributed by atoms with Gasteiger partial charge in [0.25, 0.3) is 0 Å². The molecular formula is C14H21N3O2. The number of likely N-dealkylation sites (N-methyl/N-ethyl adjacent to an activating group) is 1. The topological polar surface area (TPSA) is 58.8 Å². The first-order chi connectivity index (χ1) is 9.19. The van der Waals surface area contributed by atoms with E-state index in [-0.39, 0.29) is 12.1 Å². The molecule has 0 radical (unpaired) electrons. The summed E-state index contributed by atoms with van der Waals surface area (Å²) in [5, 5.41) is 0. The van der Waals surface area contributed by atoms with Gasteiger partial charge in [-0.15, -0.1) is 0 Å². The van der Waals surface area contributed by atoms with Crippen LogP contribution in [0.4, 0.5) is 4.79 Å². The van der Waals surface area contributed by atoms with E-state index in [1.165, 1.54) is 0 Å². The van der Waals surface area contributed by atoms with Gasteiger partial charge in [-0.2, -0.15) is 0 Å². The second-order valence-corrected chi connectivity index (χ2v) is 4.74. The van der Waals surface area contributed by atoms with Crippen molar-refractivity contribution in [1.29, 1.82) is 0 Å². The molecule has 1 unspecified atom stereocenters. The molecule has 1 aliphatic rings. The van der Waals surface area contributed by atoms with E-state index >= 15 is 0 Å². The standard InChI is InChI=1S/C14H21N3O2/c1-16-12(10-17(14(16)18)9-5-8-15)11-6-3-4-7-13(11)19-2/h3-4,6-7,12H,5,8-10,15H2,1-2H3. The molecule has 0 aromatic heterocycles. The summed E-state index contributed by atoms with van der Waals surface area (Å²) in [6.45, 7) is 2.01. The monoisotopic (exact) mass is 263 g/mol. The number of amides is 2. The summed E-state index contributed by atoms with van der Waals surface area (Å²) in [7, 11) is 3.49. The number of urea groups is 1. The maximum absolute atomic E-state index is 12.2. The van der Waals surface area contributed by atoms with Crippen molar-refractivity contribution >= 4 is 6.03 Å². The molecule has 1 saturated heterocycles. The van der Waals surface area contributed by atoms with Crippen molar-refractivity contribution in [3.8, 4) is 5.75 Å². The second-order valence-electron chi connectivity index (χ2n) is 4.74. The maximum Gasteiger partial charge on any atom is 0.320 e. The number of benzene rings is 1. The highest BCUT2D eigenvalue weighted by molar-refractivity contribution is 5.77. The third-order valence-corrected chi connectivity index (χ3v) is 3.56. The van der Waals surface area contributed by atoms with Gasteiger partial charge in [-0.25, -0.2) is 4.79 Å². The minimum atomic E-state index is 0.0430. The van der Waals surface area contributed by atoms with Gasteiger partial charge in [-0.1, -0.05) is 18.2 Å². The van der Waals surface area contributed by atoms with E-state index in [2.05, 4.69) is 0 Å². The SMILES string of the molecule is COc1ccccc1C1CN(CCCN)C(=O)N1C. The molecule has 104 valence electrons. The molecule has 1 aliphatic heterocycles. The third-order valence-electron chi connectivity index (χ3n) is 3.56. The summed E-state index contributed by atoms with van der Waals surface area (Å²) in [6, 6.07) is 7.95. The molecule has 19 heavy (non-hydrogen) atoms. The van der Waals surface area contributed by atoms with E-state index in [4.69, 9.17) is 10.5 Å². The normalized spacial score (nSPS) is 19.1. The zero-order valence-corrected chi connectivity index (χ0v) is 11.5. The first kappa shape index (κ1) is 13.7. The minimum Gasteiger partial charge on any atom is -0.496 e. The molecule has 2 rings (SSSR count). The first-order valence-electron chi connectivity index (χ1n) is 6.53. The Balaban J connectivity index is 2.19. The molecule has 0 aliphatic carbocycles. The summed E-state index contributed by atoms with van der Waals surface area (Å²) in [6.07, 6.45) is 0.832. The van der Waals surface area contributed by atoms with Crippen LogP contribution in [-0.4, -0.2) is 49.6 Å². The van der Waals surface area contributed by atoms with Crippen LogP contribution >= 0.6 is 0 Å². The maximum atomic E-state index is 12.2. The average Bonchev–Trinajstić information content (AvgIpc) is 2.73. The largest absolute Gasteiger partial charge is 0.496 e. The number of nitrogens with zero attached hydrogens (tertiary/aromatic N) is 2. The molecule has 1 aromatic rings. The molecule has 0 bridgehead atoms. The number of hydrogen-bond donors (Lipinski definition) is 1. The van der Waals surface area contributed by atoms with Crippen molar-refractivity contribution in [3.63, 3.8) is 0 Å². The Kier molecular flexibility index (Phi) is 4.27. The number of methoxy groups -OCH3 is 1. The van der Waals surface area contributed by atoms with Gasteiger partial charge >= 0.3 is 6.03 Å². The summed E-state index contributed by atoms with van der Waals surface area (Å²) < 4.78 is 5.38. The quantitative estimate of drug-likeness (QED) is 0.874. The lowest BCUT2D eigenvalue weighted by molar-refractivity contribution is 0.195.